The topological polar surface area (TPSA) is 56.5 Å². The van der Waals surface area contributed by atoms with Gasteiger partial charge in [-0.1, -0.05) is 30.3 Å². The molecule has 0 saturated heterocycles. The molecule has 0 unspecified atom stereocenters. The zero-order valence-electron chi connectivity index (χ0n) is 13.0. The van der Waals surface area contributed by atoms with Crippen LogP contribution in [0.4, 0.5) is 0 Å². The van der Waals surface area contributed by atoms with Crippen molar-refractivity contribution >= 4 is 11.9 Å². The molecule has 2 aromatic rings. The first-order valence-electron chi connectivity index (χ1n) is 6.84. The molecule has 23 heavy (non-hydrogen) atoms. The van der Waals surface area contributed by atoms with Crippen molar-refractivity contribution in [3.8, 4) is 0 Å². The van der Waals surface area contributed by atoms with Crippen molar-refractivity contribution < 1.29 is 40.6 Å². The summed E-state index contributed by atoms with van der Waals surface area (Å²) in [6.45, 7) is 0.597. The van der Waals surface area contributed by atoms with Crippen LogP contribution in [0.2, 0.25) is 0 Å². The molecule has 2 rings (SSSR count). The van der Waals surface area contributed by atoms with Crippen molar-refractivity contribution in [2.24, 2.45) is 0 Å². The summed E-state index contributed by atoms with van der Waals surface area (Å²) in [5, 5.41) is 0. The molecule has 0 amide bonds. The molecule has 1 aromatic carbocycles. The summed E-state index contributed by atoms with van der Waals surface area (Å²) in [4.78, 5) is 23.2. The second kappa shape index (κ2) is 9.05. The molecular formula is C17H18BrNO4. The molecule has 0 aliphatic rings. The van der Waals surface area contributed by atoms with Crippen molar-refractivity contribution in [2.75, 3.05) is 14.2 Å². The molecule has 5 nitrogen and oxygen atoms in total. The summed E-state index contributed by atoms with van der Waals surface area (Å²) in [5.74, 6) is -0.790. The van der Waals surface area contributed by atoms with Crippen LogP contribution in [-0.2, 0) is 27.2 Å². The number of hydrogen-bond donors (Lipinski definition) is 0. The van der Waals surface area contributed by atoms with E-state index in [1.807, 2.05) is 41.1 Å². The number of aromatic nitrogens is 1. The van der Waals surface area contributed by atoms with E-state index in [1.54, 1.807) is 12.3 Å². The number of ether oxygens (including phenoxy) is 2. The fourth-order valence-electron chi connectivity index (χ4n) is 2.15. The van der Waals surface area contributed by atoms with Gasteiger partial charge in [-0.15, -0.1) is 0 Å². The smallest absolute Gasteiger partial charge is 0.343 e. The van der Waals surface area contributed by atoms with E-state index in [9.17, 15) is 9.59 Å². The van der Waals surface area contributed by atoms with Crippen molar-refractivity contribution in [2.45, 2.75) is 13.0 Å². The number of methoxy groups -OCH3 is 2. The zero-order valence-corrected chi connectivity index (χ0v) is 14.6. The van der Waals surface area contributed by atoms with Crippen LogP contribution in [0.15, 0.2) is 48.8 Å². The molecular weight excluding hydrogens is 362 g/mol. The first-order chi connectivity index (χ1) is 10.6. The van der Waals surface area contributed by atoms with Gasteiger partial charge >= 0.3 is 11.9 Å². The number of carbonyl (C=O) groups is 2. The Morgan fingerprint density at radius 2 is 1.70 bits per heavy atom. The first kappa shape index (κ1) is 18.8. The molecule has 0 fully saturated rings. The molecule has 1 aromatic heterocycles. The maximum atomic E-state index is 11.8. The predicted molar refractivity (Wildman–Crippen MR) is 79.2 cm³/mol. The lowest BCUT2D eigenvalue weighted by Crippen LogP contribution is -3.00. The van der Waals surface area contributed by atoms with Crippen LogP contribution in [0.5, 0.6) is 0 Å². The maximum Gasteiger partial charge on any atom is 0.343 e. The van der Waals surface area contributed by atoms with E-state index in [2.05, 4.69) is 4.74 Å². The molecule has 0 saturated carbocycles. The van der Waals surface area contributed by atoms with Gasteiger partial charge < -0.3 is 26.5 Å². The van der Waals surface area contributed by atoms with Crippen molar-refractivity contribution in [1.82, 2.24) is 0 Å². The summed E-state index contributed by atoms with van der Waals surface area (Å²) in [6.07, 6.45) is 3.64. The number of rotatable bonds is 5. The molecule has 0 radical (unpaired) electrons. The van der Waals surface area contributed by atoms with Crippen LogP contribution in [-0.4, -0.2) is 26.2 Å². The van der Waals surface area contributed by atoms with Gasteiger partial charge in [0.2, 0.25) is 0 Å². The van der Waals surface area contributed by atoms with Gasteiger partial charge in [0, 0.05) is 11.1 Å². The highest BCUT2D eigenvalue weighted by Gasteiger charge is 2.16. The minimum absolute atomic E-state index is 0. The van der Waals surface area contributed by atoms with Crippen LogP contribution < -0.4 is 21.5 Å². The third-order valence-electron chi connectivity index (χ3n) is 3.18. The van der Waals surface area contributed by atoms with Gasteiger partial charge in [-0.05, 0) is 6.07 Å². The summed E-state index contributed by atoms with van der Waals surface area (Å²) in [5.41, 5.74) is 2.20. The van der Waals surface area contributed by atoms with Crippen LogP contribution in [0.1, 0.15) is 21.5 Å². The molecule has 122 valence electrons. The third-order valence-corrected chi connectivity index (χ3v) is 3.18. The quantitative estimate of drug-likeness (QED) is 0.470. The highest BCUT2D eigenvalue weighted by atomic mass is 79.9. The summed E-state index contributed by atoms with van der Waals surface area (Å²) >= 11 is 0. The van der Waals surface area contributed by atoms with Gasteiger partial charge in [-0.25, -0.2) is 4.79 Å². The number of pyridine rings is 1. The molecule has 0 aliphatic carbocycles. The van der Waals surface area contributed by atoms with Gasteiger partial charge in [-0.2, -0.15) is 4.57 Å². The molecule has 0 atom stereocenters. The number of halogens is 1. The lowest BCUT2D eigenvalue weighted by molar-refractivity contribution is -0.688. The van der Waals surface area contributed by atoms with Crippen LogP contribution in [0, 0.1) is 0 Å². The van der Waals surface area contributed by atoms with E-state index >= 15 is 0 Å². The standard InChI is InChI=1S/C17H18NO4.BrH/c1-21-16(19)9-14-8-15(17(20)22-2)12-18(11-14)10-13-6-4-3-5-7-13;/h3-8,11-12H,9-10H2,1-2H3;1H/q+1;/p-1. The largest absolute Gasteiger partial charge is 1.00 e. The second-order valence-corrected chi connectivity index (χ2v) is 4.84. The second-order valence-electron chi connectivity index (χ2n) is 4.84. The van der Waals surface area contributed by atoms with Gasteiger partial charge in [-0.3, -0.25) is 4.79 Å². The Hall–Kier alpha value is -2.21. The molecule has 0 bridgehead atoms. The van der Waals surface area contributed by atoms with E-state index in [4.69, 9.17) is 4.74 Å². The number of benzene rings is 1. The van der Waals surface area contributed by atoms with Crippen molar-refractivity contribution in [1.29, 1.82) is 0 Å². The van der Waals surface area contributed by atoms with Crippen LogP contribution in [0.3, 0.4) is 0 Å². The number of esters is 2. The SMILES string of the molecule is COC(=O)Cc1cc(C(=O)OC)c[n+](Cc2ccccc2)c1.[Br-]. The zero-order chi connectivity index (χ0) is 15.9. The third kappa shape index (κ3) is 5.49. The average molecular weight is 380 g/mol. The van der Waals surface area contributed by atoms with Crippen LogP contribution in [0.25, 0.3) is 0 Å². The molecule has 0 spiro atoms. The van der Waals surface area contributed by atoms with E-state index in [-0.39, 0.29) is 29.4 Å². The predicted octanol–water partition coefficient (Wildman–Crippen LogP) is -1.47. The molecule has 0 aliphatic heterocycles. The number of carbonyl (C=O) groups excluding carboxylic acids is 2. The van der Waals surface area contributed by atoms with Gasteiger partial charge in [0.1, 0.15) is 5.56 Å². The fraction of sp³-hybridized carbons (Fsp3) is 0.235. The fourth-order valence-corrected chi connectivity index (χ4v) is 2.15. The van der Waals surface area contributed by atoms with Gasteiger partial charge in [0.25, 0.3) is 0 Å². The number of hydrogen-bond acceptors (Lipinski definition) is 4. The highest BCUT2D eigenvalue weighted by molar-refractivity contribution is 5.89. The Bertz CT molecular complexity index is 674. The minimum atomic E-state index is -0.437. The monoisotopic (exact) mass is 379 g/mol. The number of nitrogens with zero attached hydrogens (tertiary/aromatic N) is 1. The maximum absolute atomic E-state index is 11.8. The lowest BCUT2D eigenvalue weighted by Gasteiger charge is -2.04. The van der Waals surface area contributed by atoms with Gasteiger partial charge in [0.15, 0.2) is 18.9 Å². The average Bonchev–Trinajstić information content (AvgIpc) is 2.54. The Morgan fingerprint density at radius 1 is 1.00 bits per heavy atom. The molecule has 1 heterocycles. The van der Waals surface area contributed by atoms with E-state index in [0.29, 0.717) is 17.7 Å². The summed E-state index contributed by atoms with van der Waals surface area (Å²) < 4.78 is 11.3. The Morgan fingerprint density at radius 3 is 2.30 bits per heavy atom. The van der Waals surface area contributed by atoms with Crippen molar-refractivity contribution in [3.05, 3.63) is 65.5 Å². The van der Waals surface area contributed by atoms with E-state index in [1.165, 1.54) is 14.2 Å². The van der Waals surface area contributed by atoms with E-state index in [0.717, 1.165) is 5.56 Å². The highest BCUT2D eigenvalue weighted by Crippen LogP contribution is 2.06. The Balaban J connectivity index is 0.00000264. The Kier molecular flexibility index (Phi) is 7.41. The summed E-state index contributed by atoms with van der Waals surface area (Å²) in [7, 11) is 2.67. The lowest BCUT2D eigenvalue weighted by atomic mass is 10.1. The summed E-state index contributed by atoms with van der Waals surface area (Å²) in [6, 6.07) is 11.5. The normalized spacial score (nSPS) is 9.65. The molecule has 0 N–H and O–H groups in total. The van der Waals surface area contributed by atoms with Gasteiger partial charge in [0.05, 0.1) is 20.6 Å². The van der Waals surface area contributed by atoms with Crippen LogP contribution >= 0.6 is 0 Å². The van der Waals surface area contributed by atoms with Crippen molar-refractivity contribution in [3.63, 3.8) is 0 Å². The van der Waals surface area contributed by atoms with E-state index < -0.39 is 5.97 Å². The minimum Gasteiger partial charge on any atom is -1.00 e. The Labute approximate surface area is 145 Å². The molecule has 6 heteroatoms. The first-order valence-corrected chi connectivity index (χ1v) is 6.84.